The Kier molecular flexibility index (Phi) is 3.82. The number of amides is 1. The van der Waals surface area contributed by atoms with Crippen molar-refractivity contribution >= 4 is 23.7 Å². The lowest BCUT2D eigenvalue weighted by molar-refractivity contribution is 0.211. The third kappa shape index (κ3) is 2.92. The molecule has 7 heteroatoms. The van der Waals surface area contributed by atoms with Crippen molar-refractivity contribution in [2.45, 2.75) is 0 Å². The summed E-state index contributed by atoms with van der Waals surface area (Å²) in [7, 11) is 1.53. The maximum Gasteiger partial charge on any atom is 0.436 e. The van der Waals surface area contributed by atoms with E-state index < -0.39 is 11.7 Å². The number of anilines is 1. The normalized spacial score (nSPS) is 10.0. The zero-order valence-corrected chi connectivity index (χ0v) is 10.7. The molecule has 1 aromatic heterocycles. The van der Waals surface area contributed by atoms with Crippen LogP contribution < -0.4 is 14.7 Å². The summed E-state index contributed by atoms with van der Waals surface area (Å²) in [5.41, 5.74) is -0.498. The van der Waals surface area contributed by atoms with Crippen molar-refractivity contribution in [1.29, 1.82) is 0 Å². The van der Waals surface area contributed by atoms with Crippen LogP contribution >= 0.6 is 11.8 Å². The zero-order chi connectivity index (χ0) is 13.8. The zero-order valence-electron chi connectivity index (χ0n) is 9.99. The number of carbonyl (C=O) groups excluding carboxylic acids is 1. The second-order valence-electron chi connectivity index (χ2n) is 3.63. The number of carbonyl (C=O) groups is 1. The Morgan fingerprint density at radius 3 is 2.74 bits per heavy atom. The molecule has 19 heavy (non-hydrogen) atoms. The molecule has 1 heterocycles. The first-order chi connectivity index (χ1) is 9.09. The molecule has 1 amide bonds. The molecule has 2 rings (SSSR count). The number of aromatic nitrogens is 2. The summed E-state index contributed by atoms with van der Waals surface area (Å²) in [4.78, 5) is 27.3. The van der Waals surface area contributed by atoms with E-state index in [-0.39, 0.29) is 5.82 Å². The fourth-order valence-electron chi connectivity index (χ4n) is 1.34. The summed E-state index contributed by atoms with van der Waals surface area (Å²) >= 11 is 5.77. The lowest BCUT2D eigenvalue weighted by Crippen LogP contribution is -2.32. The van der Waals surface area contributed by atoms with E-state index in [1.807, 2.05) is 0 Å². The molecule has 0 radical (unpaired) electrons. The van der Waals surface area contributed by atoms with E-state index in [2.05, 4.69) is 4.98 Å². The number of benzene rings is 1. The van der Waals surface area contributed by atoms with Gasteiger partial charge in [-0.3, -0.25) is 4.79 Å². The second kappa shape index (κ2) is 5.53. The van der Waals surface area contributed by atoms with Crippen LogP contribution in [-0.2, 0) is 7.05 Å². The van der Waals surface area contributed by atoms with Crippen LogP contribution in [0.3, 0.4) is 0 Å². The number of ether oxygens (including phenoxy) is 1. The van der Waals surface area contributed by atoms with Crippen molar-refractivity contribution in [2.75, 3.05) is 4.42 Å². The van der Waals surface area contributed by atoms with Crippen molar-refractivity contribution in [2.24, 2.45) is 7.05 Å². The summed E-state index contributed by atoms with van der Waals surface area (Å²) in [6.07, 6.45) is 1.92. The molecule has 0 saturated carbocycles. The van der Waals surface area contributed by atoms with Crippen LogP contribution in [0.15, 0.2) is 47.5 Å². The number of para-hydroxylation sites is 1. The minimum atomic E-state index is -0.899. The van der Waals surface area contributed by atoms with Gasteiger partial charge >= 0.3 is 6.09 Å². The van der Waals surface area contributed by atoms with E-state index in [1.165, 1.54) is 24.0 Å². The monoisotopic (exact) mass is 279 g/mol. The standard InChI is InChI=1S/C12H10ClN3O3/c1-15-8-7-14-10(11(15)17)16(13)12(18)19-9-5-3-2-4-6-9/h2-8H,1H3. The first-order valence-corrected chi connectivity index (χ1v) is 5.68. The van der Waals surface area contributed by atoms with E-state index in [0.29, 0.717) is 10.2 Å². The Morgan fingerprint density at radius 1 is 1.37 bits per heavy atom. The summed E-state index contributed by atoms with van der Waals surface area (Å²) in [6.45, 7) is 0. The van der Waals surface area contributed by atoms with Crippen LogP contribution in [0.2, 0.25) is 0 Å². The first kappa shape index (κ1) is 13.1. The van der Waals surface area contributed by atoms with Gasteiger partial charge in [0.1, 0.15) is 5.75 Å². The fraction of sp³-hybridized carbons (Fsp3) is 0.0833. The maximum atomic E-state index is 11.8. The van der Waals surface area contributed by atoms with E-state index in [0.717, 1.165) is 0 Å². The molecule has 6 nitrogen and oxygen atoms in total. The third-order valence-electron chi connectivity index (χ3n) is 2.29. The molecule has 0 N–H and O–H groups in total. The lowest BCUT2D eigenvalue weighted by atomic mass is 10.3. The molecular formula is C12H10ClN3O3. The molecule has 0 aliphatic carbocycles. The van der Waals surface area contributed by atoms with Crippen LogP contribution in [0.4, 0.5) is 10.6 Å². The van der Waals surface area contributed by atoms with Gasteiger partial charge in [-0.25, -0.2) is 9.78 Å². The van der Waals surface area contributed by atoms with Gasteiger partial charge in [0.05, 0.1) is 0 Å². The van der Waals surface area contributed by atoms with Crippen molar-refractivity contribution in [1.82, 2.24) is 9.55 Å². The molecule has 0 aliphatic heterocycles. The van der Waals surface area contributed by atoms with E-state index in [4.69, 9.17) is 16.5 Å². The van der Waals surface area contributed by atoms with Gasteiger partial charge < -0.3 is 9.30 Å². The molecule has 0 saturated heterocycles. The molecular weight excluding hydrogens is 270 g/mol. The number of hydrogen-bond donors (Lipinski definition) is 0. The molecule has 0 atom stereocenters. The van der Waals surface area contributed by atoms with Gasteiger partial charge in [-0.2, -0.15) is 4.42 Å². The second-order valence-corrected chi connectivity index (χ2v) is 3.97. The fourth-order valence-corrected chi connectivity index (χ4v) is 1.49. The Balaban J connectivity index is 2.20. The lowest BCUT2D eigenvalue weighted by Gasteiger charge is -2.12. The van der Waals surface area contributed by atoms with Crippen LogP contribution in [0.25, 0.3) is 0 Å². The number of rotatable bonds is 2. The van der Waals surface area contributed by atoms with Crippen molar-refractivity contribution < 1.29 is 9.53 Å². The highest BCUT2D eigenvalue weighted by Gasteiger charge is 2.20. The summed E-state index contributed by atoms with van der Waals surface area (Å²) in [5.74, 6) is 0.110. The minimum absolute atomic E-state index is 0.215. The highest BCUT2D eigenvalue weighted by Crippen LogP contribution is 2.14. The first-order valence-electron chi connectivity index (χ1n) is 5.34. The number of nitrogens with zero attached hydrogens (tertiary/aromatic N) is 3. The largest absolute Gasteiger partial charge is 0.436 e. The smallest absolute Gasteiger partial charge is 0.409 e. The molecule has 0 aliphatic rings. The SMILES string of the molecule is Cn1ccnc(N(Cl)C(=O)Oc2ccccc2)c1=O. The number of halogens is 1. The van der Waals surface area contributed by atoms with Gasteiger partial charge in [-0.1, -0.05) is 18.2 Å². The Hall–Kier alpha value is -2.34. The quantitative estimate of drug-likeness (QED) is 0.788. The van der Waals surface area contributed by atoms with Gasteiger partial charge in [-0.05, 0) is 12.1 Å². The van der Waals surface area contributed by atoms with Gasteiger partial charge in [0, 0.05) is 31.2 Å². The molecule has 1 aromatic carbocycles. The molecule has 0 bridgehead atoms. The highest BCUT2D eigenvalue weighted by atomic mass is 35.5. The van der Waals surface area contributed by atoms with Crippen molar-refractivity contribution in [3.05, 3.63) is 53.1 Å². The predicted octanol–water partition coefficient (Wildman–Crippen LogP) is 1.94. The number of hydrogen-bond acceptors (Lipinski definition) is 4. The maximum absolute atomic E-state index is 11.8. The average Bonchev–Trinajstić information content (AvgIpc) is 2.42. The van der Waals surface area contributed by atoms with Crippen molar-refractivity contribution in [3.8, 4) is 5.75 Å². The topological polar surface area (TPSA) is 64.4 Å². The Bertz CT molecular complexity index is 642. The third-order valence-corrected chi connectivity index (χ3v) is 2.59. The summed E-state index contributed by atoms with van der Waals surface area (Å²) < 4.78 is 6.80. The Morgan fingerprint density at radius 2 is 2.05 bits per heavy atom. The van der Waals surface area contributed by atoms with Crippen LogP contribution in [0.1, 0.15) is 0 Å². The van der Waals surface area contributed by atoms with Gasteiger partial charge in [0.2, 0.25) is 5.82 Å². The van der Waals surface area contributed by atoms with Gasteiger partial charge in [0.25, 0.3) is 5.56 Å². The highest BCUT2D eigenvalue weighted by molar-refractivity contribution is 6.35. The summed E-state index contributed by atoms with van der Waals surface area (Å²) in [6, 6.07) is 8.39. The van der Waals surface area contributed by atoms with Crippen LogP contribution in [-0.4, -0.2) is 15.6 Å². The van der Waals surface area contributed by atoms with E-state index in [9.17, 15) is 9.59 Å². The predicted molar refractivity (Wildman–Crippen MR) is 70.3 cm³/mol. The molecule has 0 spiro atoms. The minimum Gasteiger partial charge on any atom is -0.409 e. The molecule has 2 aromatic rings. The van der Waals surface area contributed by atoms with Crippen LogP contribution in [0.5, 0.6) is 5.75 Å². The number of aryl methyl sites for hydroxylation is 1. The van der Waals surface area contributed by atoms with E-state index >= 15 is 0 Å². The summed E-state index contributed by atoms with van der Waals surface area (Å²) in [5, 5.41) is 0. The van der Waals surface area contributed by atoms with Crippen LogP contribution in [0, 0.1) is 0 Å². The molecule has 98 valence electrons. The van der Waals surface area contributed by atoms with E-state index in [1.54, 1.807) is 30.3 Å². The van der Waals surface area contributed by atoms with Gasteiger partial charge in [0.15, 0.2) is 0 Å². The van der Waals surface area contributed by atoms with Gasteiger partial charge in [-0.15, -0.1) is 0 Å². The van der Waals surface area contributed by atoms with Crippen molar-refractivity contribution in [3.63, 3.8) is 0 Å². The molecule has 0 unspecified atom stereocenters. The average molecular weight is 280 g/mol. The Labute approximate surface area is 113 Å². The molecule has 0 fully saturated rings.